The Kier molecular flexibility index (Phi) is 3.89. The van der Waals surface area contributed by atoms with Crippen LogP contribution in [0.25, 0.3) is 0 Å². The van der Waals surface area contributed by atoms with Crippen molar-refractivity contribution < 1.29 is 4.74 Å². The van der Waals surface area contributed by atoms with E-state index in [1.807, 2.05) is 25.1 Å². The first-order chi connectivity index (χ1) is 6.19. The molecule has 1 atom stereocenters. The summed E-state index contributed by atoms with van der Waals surface area (Å²) in [5.74, 6) is 0.686. The molecule has 0 amide bonds. The Morgan fingerprint density at radius 2 is 2.15 bits per heavy atom. The normalized spacial score (nSPS) is 12.6. The molecule has 0 aliphatic rings. The first-order valence-electron chi connectivity index (χ1n) is 4.16. The largest absolute Gasteiger partial charge is 0.495 e. The second-order valence-electron chi connectivity index (χ2n) is 2.77. The third-order valence-corrected chi connectivity index (χ3v) is 2.75. The van der Waals surface area contributed by atoms with Crippen LogP contribution < -0.4 is 4.74 Å². The van der Waals surface area contributed by atoms with E-state index in [4.69, 9.17) is 27.9 Å². The zero-order chi connectivity index (χ0) is 9.84. The van der Waals surface area contributed by atoms with E-state index < -0.39 is 0 Å². The Labute approximate surface area is 88.6 Å². The zero-order valence-electron chi connectivity index (χ0n) is 7.68. The SMILES string of the molecule is CCC(Cl)c1ccc(OC)c(Cl)c1. The van der Waals surface area contributed by atoms with Gasteiger partial charge in [0.2, 0.25) is 0 Å². The second-order valence-corrected chi connectivity index (χ2v) is 3.70. The molecule has 0 aromatic heterocycles. The van der Waals surface area contributed by atoms with E-state index in [1.165, 1.54) is 0 Å². The standard InChI is InChI=1S/C10H12Cl2O/c1-3-8(11)7-4-5-10(13-2)9(12)6-7/h4-6,8H,3H2,1-2H3. The maximum atomic E-state index is 6.06. The Bertz CT molecular complexity index is 286. The summed E-state index contributed by atoms with van der Waals surface area (Å²) in [6.45, 7) is 2.04. The second kappa shape index (κ2) is 4.73. The van der Waals surface area contributed by atoms with Crippen LogP contribution in [0.15, 0.2) is 18.2 Å². The minimum absolute atomic E-state index is 0.0309. The first kappa shape index (κ1) is 10.7. The number of halogens is 2. The van der Waals surface area contributed by atoms with E-state index >= 15 is 0 Å². The monoisotopic (exact) mass is 218 g/mol. The summed E-state index contributed by atoms with van der Waals surface area (Å²) in [6.07, 6.45) is 0.893. The van der Waals surface area contributed by atoms with Crippen molar-refractivity contribution in [1.82, 2.24) is 0 Å². The average molecular weight is 219 g/mol. The van der Waals surface area contributed by atoms with E-state index in [2.05, 4.69) is 0 Å². The van der Waals surface area contributed by atoms with Crippen LogP contribution >= 0.6 is 23.2 Å². The molecule has 0 heterocycles. The van der Waals surface area contributed by atoms with Crippen molar-refractivity contribution in [3.05, 3.63) is 28.8 Å². The van der Waals surface area contributed by atoms with Crippen molar-refractivity contribution in [2.75, 3.05) is 7.11 Å². The van der Waals surface area contributed by atoms with Crippen LogP contribution in [-0.2, 0) is 0 Å². The van der Waals surface area contributed by atoms with Crippen molar-refractivity contribution in [3.8, 4) is 5.75 Å². The van der Waals surface area contributed by atoms with Crippen molar-refractivity contribution in [2.24, 2.45) is 0 Å². The fraction of sp³-hybridized carbons (Fsp3) is 0.400. The van der Waals surface area contributed by atoms with Crippen LogP contribution in [0.3, 0.4) is 0 Å². The highest BCUT2D eigenvalue weighted by molar-refractivity contribution is 6.32. The molecule has 13 heavy (non-hydrogen) atoms. The van der Waals surface area contributed by atoms with Crippen molar-refractivity contribution in [3.63, 3.8) is 0 Å². The average Bonchev–Trinajstić information content (AvgIpc) is 2.16. The van der Waals surface area contributed by atoms with Gasteiger partial charge in [-0.2, -0.15) is 0 Å². The number of alkyl halides is 1. The highest BCUT2D eigenvalue weighted by Gasteiger charge is 2.07. The molecule has 0 fully saturated rings. The molecule has 1 nitrogen and oxygen atoms in total. The maximum Gasteiger partial charge on any atom is 0.137 e. The van der Waals surface area contributed by atoms with Gasteiger partial charge in [0.15, 0.2) is 0 Å². The Morgan fingerprint density at radius 3 is 2.62 bits per heavy atom. The minimum atomic E-state index is 0.0309. The molecule has 0 saturated carbocycles. The van der Waals surface area contributed by atoms with Gasteiger partial charge in [-0.25, -0.2) is 0 Å². The number of benzene rings is 1. The lowest BCUT2D eigenvalue weighted by Gasteiger charge is -2.09. The number of ether oxygens (including phenoxy) is 1. The smallest absolute Gasteiger partial charge is 0.137 e. The van der Waals surface area contributed by atoms with Gasteiger partial charge in [0.25, 0.3) is 0 Å². The van der Waals surface area contributed by atoms with E-state index in [0.29, 0.717) is 10.8 Å². The van der Waals surface area contributed by atoms with Crippen LogP contribution in [0, 0.1) is 0 Å². The fourth-order valence-corrected chi connectivity index (χ4v) is 1.52. The Hall–Kier alpha value is -0.400. The minimum Gasteiger partial charge on any atom is -0.495 e. The Morgan fingerprint density at radius 1 is 1.46 bits per heavy atom. The number of hydrogen-bond donors (Lipinski definition) is 0. The van der Waals surface area contributed by atoms with Crippen molar-refractivity contribution >= 4 is 23.2 Å². The van der Waals surface area contributed by atoms with Gasteiger partial charge in [0, 0.05) is 0 Å². The lowest BCUT2D eigenvalue weighted by Crippen LogP contribution is -1.90. The molecule has 3 heteroatoms. The van der Waals surface area contributed by atoms with Crippen molar-refractivity contribution in [1.29, 1.82) is 0 Å². The van der Waals surface area contributed by atoms with Gasteiger partial charge in [-0.3, -0.25) is 0 Å². The molecule has 0 aliphatic heterocycles. The van der Waals surface area contributed by atoms with E-state index in [9.17, 15) is 0 Å². The molecule has 72 valence electrons. The molecule has 1 aromatic carbocycles. The Balaban J connectivity index is 2.95. The molecule has 0 aliphatic carbocycles. The summed E-state index contributed by atoms with van der Waals surface area (Å²) in [5.41, 5.74) is 1.04. The summed E-state index contributed by atoms with van der Waals surface area (Å²) in [7, 11) is 1.60. The van der Waals surface area contributed by atoms with Gasteiger partial charge < -0.3 is 4.74 Å². The van der Waals surface area contributed by atoms with E-state index in [0.717, 1.165) is 12.0 Å². The van der Waals surface area contributed by atoms with Gasteiger partial charge in [-0.1, -0.05) is 24.6 Å². The fourth-order valence-electron chi connectivity index (χ4n) is 1.11. The third-order valence-electron chi connectivity index (χ3n) is 1.90. The van der Waals surface area contributed by atoms with Crippen LogP contribution in [-0.4, -0.2) is 7.11 Å². The molecule has 0 radical (unpaired) electrons. The number of hydrogen-bond acceptors (Lipinski definition) is 1. The third kappa shape index (κ3) is 2.52. The maximum absolute atomic E-state index is 6.06. The van der Waals surface area contributed by atoms with Crippen molar-refractivity contribution in [2.45, 2.75) is 18.7 Å². The van der Waals surface area contributed by atoms with E-state index in [1.54, 1.807) is 7.11 Å². The van der Waals surface area contributed by atoms with Gasteiger partial charge in [0.1, 0.15) is 5.75 Å². The van der Waals surface area contributed by atoms with Crippen LogP contribution in [0.1, 0.15) is 24.3 Å². The van der Waals surface area contributed by atoms with Gasteiger partial charge >= 0.3 is 0 Å². The van der Waals surface area contributed by atoms with Crippen LogP contribution in [0.2, 0.25) is 5.02 Å². The summed E-state index contributed by atoms with van der Waals surface area (Å²) in [4.78, 5) is 0. The molecule has 1 rings (SSSR count). The van der Waals surface area contributed by atoms with Crippen LogP contribution in [0.4, 0.5) is 0 Å². The molecule has 0 bridgehead atoms. The topological polar surface area (TPSA) is 9.23 Å². The molecule has 0 spiro atoms. The highest BCUT2D eigenvalue weighted by atomic mass is 35.5. The lowest BCUT2D eigenvalue weighted by molar-refractivity contribution is 0.415. The van der Waals surface area contributed by atoms with E-state index in [-0.39, 0.29) is 5.38 Å². The van der Waals surface area contributed by atoms with Gasteiger partial charge in [0.05, 0.1) is 17.5 Å². The molecular formula is C10H12Cl2O. The lowest BCUT2D eigenvalue weighted by atomic mass is 10.1. The quantitative estimate of drug-likeness (QED) is 0.697. The molecular weight excluding hydrogens is 207 g/mol. The van der Waals surface area contributed by atoms with Crippen LogP contribution in [0.5, 0.6) is 5.75 Å². The molecule has 1 unspecified atom stereocenters. The molecule has 0 N–H and O–H groups in total. The predicted molar refractivity (Wildman–Crippen MR) is 56.9 cm³/mol. The number of rotatable bonds is 3. The molecule has 1 aromatic rings. The predicted octanol–water partition coefficient (Wildman–Crippen LogP) is 4.04. The number of methoxy groups -OCH3 is 1. The summed E-state index contributed by atoms with van der Waals surface area (Å²) < 4.78 is 5.04. The summed E-state index contributed by atoms with van der Waals surface area (Å²) >= 11 is 12.0. The van der Waals surface area contributed by atoms with Gasteiger partial charge in [-0.15, -0.1) is 11.6 Å². The highest BCUT2D eigenvalue weighted by Crippen LogP contribution is 2.31. The van der Waals surface area contributed by atoms with Gasteiger partial charge in [-0.05, 0) is 24.1 Å². The zero-order valence-corrected chi connectivity index (χ0v) is 9.19. The summed E-state index contributed by atoms with van der Waals surface area (Å²) in [6, 6.07) is 5.62. The summed E-state index contributed by atoms with van der Waals surface area (Å²) in [5, 5.41) is 0.641. The first-order valence-corrected chi connectivity index (χ1v) is 4.98. The molecule has 0 saturated heterocycles.